The van der Waals surface area contributed by atoms with Crippen molar-refractivity contribution in [3.8, 4) is 0 Å². The van der Waals surface area contributed by atoms with Crippen LogP contribution in [-0.4, -0.2) is 46.0 Å². The molecule has 1 aromatic rings. The molecule has 1 aromatic heterocycles. The Hall–Kier alpha value is -1.19. The fourth-order valence-electron chi connectivity index (χ4n) is 1.36. The van der Waals surface area contributed by atoms with E-state index in [1.54, 1.807) is 5.38 Å². The van der Waals surface area contributed by atoms with Gasteiger partial charge in [-0.15, -0.1) is 11.3 Å². The molecule has 1 N–H and O–H groups in total. The zero-order valence-corrected chi connectivity index (χ0v) is 13.1. The number of aryl methyl sites for hydroxylation is 1. The first-order chi connectivity index (χ1) is 9.46. The van der Waals surface area contributed by atoms with E-state index in [0.717, 1.165) is 5.69 Å². The molecule has 0 spiro atoms. The Kier molecular flexibility index (Phi) is 6.89. The first-order valence-electron chi connectivity index (χ1n) is 5.97. The van der Waals surface area contributed by atoms with E-state index < -0.39 is 10.0 Å². The van der Waals surface area contributed by atoms with Crippen LogP contribution in [0.4, 0.5) is 5.13 Å². The quantitative estimate of drug-likeness (QED) is 0.682. The Morgan fingerprint density at radius 2 is 2.20 bits per heavy atom. The number of anilines is 1. The maximum absolute atomic E-state index is 11.6. The molecule has 114 valence electrons. The summed E-state index contributed by atoms with van der Waals surface area (Å²) in [6, 6.07) is 0. The van der Waals surface area contributed by atoms with Crippen molar-refractivity contribution in [1.82, 2.24) is 4.98 Å². The molecule has 0 bridgehead atoms. The molecule has 0 amide bonds. The summed E-state index contributed by atoms with van der Waals surface area (Å²) in [6.07, 6.45) is 1.54. The summed E-state index contributed by atoms with van der Waals surface area (Å²) in [7, 11) is -0.634. The van der Waals surface area contributed by atoms with Gasteiger partial charge in [0.15, 0.2) is 5.13 Å². The van der Waals surface area contributed by atoms with Gasteiger partial charge in [0.25, 0.3) is 0 Å². The van der Waals surface area contributed by atoms with E-state index in [4.69, 9.17) is 4.74 Å². The number of nitrogens with zero attached hydrogens (tertiary/aromatic N) is 1. The average molecular weight is 322 g/mol. The molecule has 20 heavy (non-hydrogen) atoms. The monoisotopic (exact) mass is 322 g/mol. The highest BCUT2D eigenvalue weighted by molar-refractivity contribution is 7.92. The van der Waals surface area contributed by atoms with E-state index in [0.29, 0.717) is 24.4 Å². The fraction of sp³-hybridized carbons (Fsp3) is 0.636. The highest BCUT2D eigenvalue weighted by Crippen LogP contribution is 2.18. The number of carbonyl (C=O) groups is 1. The van der Waals surface area contributed by atoms with Gasteiger partial charge >= 0.3 is 5.97 Å². The molecule has 0 radical (unpaired) electrons. The number of esters is 1. The van der Waals surface area contributed by atoms with Gasteiger partial charge in [-0.25, -0.2) is 13.4 Å². The van der Waals surface area contributed by atoms with Crippen LogP contribution in [0.15, 0.2) is 5.38 Å². The Morgan fingerprint density at radius 3 is 2.85 bits per heavy atom. The molecule has 0 saturated heterocycles. The van der Waals surface area contributed by atoms with Gasteiger partial charge in [-0.05, 0) is 12.8 Å². The topological polar surface area (TPSA) is 94.6 Å². The molecule has 0 saturated carbocycles. The van der Waals surface area contributed by atoms with E-state index in [2.05, 4.69) is 14.4 Å². The largest absolute Gasteiger partial charge is 0.469 e. The van der Waals surface area contributed by atoms with Gasteiger partial charge in [0.05, 0.1) is 25.2 Å². The summed E-state index contributed by atoms with van der Waals surface area (Å²) in [5.74, 6) is -0.374. The number of sulfonamides is 1. The Bertz CT molecular complexity index is 527. The number of thiazole rings is 1. The van der Waals surface area contributed by atoms with Crippen molar-refractivity contribution >= 4 is 32.5 Å². The number of rotatable bonds is 9. The Morgan fingerprint density at radius 1 is 1.45 bits per heavy atom. The minimum atomic E-state index is -3.42. The molecule has 0 fully saturated rings. The van der Waals surface area contributed by atoms with Crippen molar-refractivity contribution in [2.45, 2.75) is 19.3 Å². The number of carbonyl (C=O) groups excluding carboxylic acids is 1. The Labute approximate surface area is 122 Å². The van der Waals surface area contributed by atoms with E-state index in [-0.39, 0.29) is 18.3 Å². The van der Waals surface area contributed by atoms with Crippen molar-refractivity contribution in [3.63, 3.8) is 0 Å². The number of hydrogen-bond acceptors (Lipinski definition) is 7. The molecule has 1 rings (SSSR count). The molecule has 0 aliphatic heterocycles. The molecule has 1 heterocycles. The van der Waals surface area contributed by atoms with Crippen molar-refractivity contribution < 1.29 is 22.7 Å². The second-order valence-corrected chi connectivity index (χ2v) is 6.69. The first kappa shape index (κ1) is 16.9. The van der Waals surface area contributed by atoms with Crippen LogP contribution in [0.1, 0.15) is 18.5 Å². The summed E-state index contributed by atoms with van der Waals surface area (Å²) < 4.78 is 34.9. The fourth-order valence-corrected chi connectivity index (χ4v) is 3.32. The standard InChI is InChI=1S/C11H18N2O5S2/c1-17-6-7-20(15,16)13-11-12-9(8-19-11)4-3-5-10(14)18-2/h8H,3-7H2,1-2H3,(H,12,13). The SMILES string of the molecule is COCCS(=O)(=O)Nc1nc(CCCC(=O)OC)cs1. The summed E-state index contributed by atoms with van der Waals surface area (Å²) in [6.45, 7) is 0.132. The minimum Gasteiger partial charge on any atom is -0.469 e. The van der Waals surface area contributed by atoms with Gasteiger partial charge in [0.1, 0.15) is 0 Å². The van der Waals surface area contributed by atoms with E-state index >= 15 is 0 Å². The molecule has 0 unspecified atom stereocenters. The van der Waals surface area contributed by atoms with Gasteiger partial charge in [0, 0.05) is 18.9 Å². The maximum atomic E-state index is 11.6. The van der Waals surface area contributed by atoms with Gasteiger partial charge < -0.3 is 9.47 Å². The molecule has 0 atom stereocenters. The zero-order valence-electron chi connectivity index (χ0n) is 11.4. The molecular weight excluding hydrogens is 304 g/mol. The van der Waals surface area contributed by atoms with Crippen LogP contribution in [0.25, 0.3) is 0 Å². The lowest BCUT2D eigenvalue weighted by Crippen LogP contribution is -2.19. The summed E-state index contributed by atoms with van der Waals surface area (Å²) >= 11 is 1.22. The molecule has 0 aromatic carbocycles. The predicted molar refractivity (Wildman–Crippen MR) is 76.4 cm³/mol. The highest BCUT2D eigenvalue weighted by atomic mass is 32.2. The normalized spacial score (nSPS) is 11.3. The first-order valence-corrected chi connectivity index (χ1v) is 8.50. The summed E-state index contributed by atoms with van der Waals surface area (Å²) in [5.41, 5.74) is 0.753. The number of ether oxygens (including phenoxy) is 2. The average Bonchev–Trinajstić information content (AvgIpc) is 2.83. The second kappa shape index (κ2) is 8.18. The number of methoxy groups -OCH3 is 2. The number of nitrogens with one attached hydrogen (secondary N) is 1. The molecule has 9 heteroatoms. The van der Waals surface area contributed by atoms with E-state index in [1.165, 1.54) is 25.6 Å². The van der Waals surface area contributed by atoms with Crippen molar-refractivity contribution in [3.05, 3.63) is 11.1 Å². The maximum Gasteiger partial charge on any atom is 0.305 e. The molecule has 0 aliphatic carbocycles. The van der Waals surface area contributed by atoms with Crippen LogP contribution >= 0.6 is 11.3 Å². The van der Waals surface area contributed by atoms with E-state index in [9.17, 15) is 13.2 Å². The molecule has 0 aliphatic rings. The van der Waals surface area contributed by atoms with Crippen LogP contribution in [0, 0.1) is 0 Å². The predicted octanol–water partition coefficient (Wildman–Crippen LogP) is 1.03. The minimum absolute atomic E-state index is 0.110. The number of hydrogen-bond donors (Lipinski definition) is 1. The third kappa shape index (κ3) is 6.31. The van der Waals surface area contributed by atoms with Crippen molar-refractivity contribution in [2.75, 3.05) is 31.3 Å². The molecule has 7 nitrogen and oxygen atoms in total. The Balaban J connectivity index is 2.45. The van der Waals surface area contributed by atoms with Gasteiger partial charge in [-0.3, -0.25) is 9.52 Å². The summed E-state index contributed by atoms with van der Waals surface area (Å²) in [4.78, 5) is 15.1. The van der Waals surface area contributed by atoms with Crippen LogP contribution in [0.3, 0.4) is 0 Å². The second-order valence-electron chi connectivity index (χ2n) is 3.99. The van der Waals surface area contributed by atoms with Crippen LogP contribution in [-0.2, 0) is 30.7 Å². The smallest absolute Gasteiger partial charge is 0.305 e. The van der Waals surface area contributed by atoms with Crippen LogP contribution in [0.2, 0.25) is 0 Å². The lowest BCUT2D eigenvalue weighted by atomic mass is 10.2. The third-order valence-electron chi connectivity index (χ3n) is 2.39. The number of aromatic nitrogens is 1. The highest BCUT2D eigenvalue weighted by Gasteiger charge is 2.12. The lowest BCUT2D eigenvalue weighted by molar-refractivity contribution is -0.140. The van der Waals surface area contributed by atoms with E-state index in [1.807, 2.05) is 0 Å². The third-order valence-corrected chi connectivity index (χ3v) is 4.54. The van der Waals surface area contributed by atoms with Crippen LogP contribution < -0.4 is 4.72 Å². The van der Waals surface area contributed by atoms with Crippen molar-refractivity contribution in [2.24, 2.45) is 0 Å². The van der Waals surface area contributed by atoms with Gasteiger partial charge in [0.2, 0.25) is 10.0 Å². The summed E-state index contributed by atoms with van der Waals surface area (Å²) in [5, 5.41) is 2.10. The van der Waals surface area contributed by atoms with Crippen LogP contribution in [0.5, 0.6) is 0 Å². The molecular formula is C11H18N2O5S2. The van der Waals surface area contributed by atoms with Gasteiger partial charge in [-0.1, -0.05) is 0 Å². The van der Waals surface area contributed by atoms with Gasteiger partial charge in [-0.2, -0.15) is 0 Å². The lowest BCUT2D eigenvalue weighted by Gasteiger charge is -2.03. The van der Waals surface area contributed by atoms with Crippen molar-refractivity contribution in [1.29, 1.82) is 0 Å². The zero-order chi connectivity index (χ0) is 15.0.